The van der Waals surface area contributed by atoms with Gasteiger partial charge in [0.25, 0.3) is 11.6 Å². The van der Waals surface area contributed by atoms with Gasteiger partial charge in [0.1, 0.15) is 0 Å². The lowest BCUT2D eigenvalue weighted by molar-refractivity contribution is -0.387. The summed E-state index contributed by atoms with van der Waals surface area (Å²) in [7, 11) is 0. The van der Waals surface area contributed by atoms with Crippen molar-refractivity contribution >= 4 is 40.8 Å². The molecule has 0 aliphatic carbocycles. The number of nitrogens with zero attached hydrogens (tertiary/aromatic N) is 2. The van der Waals surface area contributed by atoms with Crippen LogP contribution in [-0.4, -0.2) is 41.5 Å². The van der Waals surface area contributed by atoms with E-state index in [1.807, 2.05) is 31.2 Å². The summed E-state index contributed by atoms with van der Waals surface area (Å²) < 4.78 is 5.30. The van der Waals surface area contributed by atoms with Crippen LogP contribution in [0.3, 0.4) is 0 Å². The van der Waals surface area contributed by atoms with Crippen LogP contribution < -0.4 is 4.90 Å². The minimum absolute atomic E-state index is 0.0169. The summed E-state index contributed by atoms with van der Waals surface area (Å²) in [6, 6.07) is 17.7. The standard InChI is InChI=1S/C26H22N2O6S/c1-16-13-17-7-3-6-10-21(17)27(16)24(29)15-34-26(31)20-9-5-4-8-19(20)25(30)18-11-12-23(35-2)22(14-18)28(32)33/h3-12,14,16H,13,15H2,1-2H3. The van der Waals surface area contributed by atoms with Gasteiger partial charge in [-0.2, -0.15) is 0 Å². The third-order valence-corrected chi connectivity index (χ3v) is 6.62. The summed E-state index contributed by atoms with van der Waals surface area (Å²) in [5.41, 5.74) is 1.76. The molecule has 0 bridgehead atoms. The number of carbonyl (C=O) groups excluding carboxylic acids is 3. The molecule has 0 aromatic heterocycles. The predicted molar refractivity (Wildman–Crippen MR) is 132 cm³/mol. The lowest BCUT2D eigenvalue weighted by Gasteiger charge is -2.22. The van der Waals surface area contributed by atoms with E-state index in [0.717, 1.165) is 11.3 Å². The van der Waals surface area contributed by atoms with Gasteiger partial charge in [-0.1, -0.05) is 36.4 Å². The predicted octanol–water partition coefficient (Wildman–Crippen LogP) is 4.68. The van der Waals surface area contributed by atoms with Crippen molar-refractivity contribution in [1.29, 1.82) is 0 Å². The first kappa shape index (κ1) is 24.2. The number of hydrogen-bond donors (Lipinski definition) is 0. The second-order valence-corrected chi connectivity index (χ2v) is 8.89. The van der Waals surface area contributed by atoms with Crippen LogP contribution in [-0.2, 0) is 16.0 Å². The number of hydrogen-bond acceptors (Lipinski definition) is 7. The molecule has 0 radical (unpaired) electrons. The van der Waals surface area contributed by atoms with Crippen LogP contribution in [0, 0.1) is 10.1 Å². The fourth-order valence-corrected chi connectivity index (χ4v) is 4.76. The van der Waals surface area contributed by atoms with Gasteiger partial charge in [-0.05, 0) is 49.4 Å². The molecule has 1 atom stereocenters. The van der Waals surface area contributed by atoms with Crippen molar-refractivity contribution in [3.05, 3.63) is 99.1 Å². The van der Waals surface area contributed by atoms with Crippen LogP contribution in [0.4, 0.5) is 11.4 Å². The highest BCUT2D eigenvalue weighted by Crippen LogP contribution is 2.32. The van der Waals surface area contributed by atoms with Crippen LogP contribution >= 0.6 is 11.8 Å². The first-order chi connectivity index (χ1) is 16.8. The third kappa shape index (κ3) is 4.81. The second-order valence-electron chi connectivity index (χ2n) is 8.04. The topological polar surface area (TPSA) is 107 Å². The molecule has 4 rings (SSSR count). The quantitative estimate of drug-likeness (QED) is 0.156. The molecule has 1 aliphatic rings. The van der Waals surface area contributed by atoms with E-state index < -0.39 is 23.3 Å². The number of esters is 1. The molecular weight excluding hydrogens is 468 g/mol. The third-order valence-electron chi connectivity index (χ3n) is 5.83. The first-order valence-corrected chi connectivity index (χ1v) is 12.1. The number of nitro benzene ring substituents is 1. The molecule has 9 heteroatoms. The minimum Gasteiger partial charge on any atom is -0.452 e. The Kier molecular flexibility index (Phi) is 6.97. The zero-order valence-electron chi connectivity index (χ0n) is 19.1. The summed E-state index contributed by atoms with van der Waals surface area (Å²) >= 11 is 1.20. The minimum atomic E-state index is -0.822. The van der Waals surface area contributed by atoms with Crippen molar-refractivity contribution in [2.75, 3.05) is 17.8 Å². The van der Waals surface area contributed by atoms with Crippen molar-refractivity contribution in [3.63, 3.8) is 0 Å². The molecule has 35 heavy (non-hydrogen) atoms. The fraction of sp³-hybridized carbons (Fsp3) is 0.192. The summed E-state index contributed by atoms with van der Waals surface area (Å²) in [5, 5.41) is 11.4. The van der Waals surface area contributed by atoms with Gasteiger partial charge in [0.2, 0.25) is 0 Å². The molecule has 1 unspecified atom stereocenters. The van der Waals surface area contributed by atoms with Crippen molar-refractivity contribution < 1.29 is 24.0 Å². The highest BCUT2D eigenvalue weighted by atomic mass is 32.2. The van der Waals surface area contributed by atoms with E-state index in [0.29, 0.717) is 11.3 Å². The SMILES string of the molecule is CSc1ccc(C(=O)c2ccccc2C(=O)OCC(=O)N2c3ccccc3CC2C)cc1[N+](=O)[O-]. The number of carbonyl (C=O) groups is 3. The van der Waals surface area contributed by atoms with Gasteiger partial charge in [-0.15, -0.1) is 11.8 Å². The molecule has 1 amide bonds. The number of amides is 1. The second kappa shape index (κ2) is 10.1. The Bertz CT molecular complexity index is 1340. The summed E-state index contributed by atoms with van der Waals surface area (Å²) in [5.74, 6) is -1.73. The van der Waals surface area contributed by atoms with Gasteiger partial charge in [0, 0.05) is 28.9 Å². The highest BCUT2D eigenvalue weighted by molar-refractivity contribution is 7.98. The molecule has 3 aromatic rings. The number of fused-ring (bicyclic) bond motifs is 1. The zero-order valence-corrected chi connectivity index (χ0v) is 19.9. The fourth-order valence-electron chi connectivity index (χ4n) is 4.21. The molecule has 0 saturated carbocycles. The number of nitro groups is 1. The van der Waals surface area contributed by atoms with Crippen molar-refractivity contribution in [2.45, 2.75) is 24.3 Å². The Morgan fingerprint density at radius 1 is 1.06 bits per heavy atom. The van der Waals surface area contributed by atoms with Crippen LogP contribution in [0.5, 0.6) is 0 Å². The maximum atomic E-state index is 13.2. The van der Waals surface area contributed by atoms with Gasteiger partial charge in [0.05, 0.1) is 15.4 Å². The Hall–Kier alpha value is -3.98. The number of ether oxygens (including phenoxy) is 1. The molecule has 1 aliphatic heterocycles. The van der Waals surface area contributed by atoms with Gasteiger partial charge in [0.15, 0.2) is 12.4 Å². The lowest BCUT2D eigenvalue weighted by atomic mass is 9.98. The van der Waals surface area contributed by atoms with E-state index in [2.05, 4.69) is 0 Å². The van der Waals surface area contributed by atoms with E-state index in [-0.39, 0.29) is 34.3 Å². The molecule has 1 heterocycles. The normalized spacial score (nSPS) is 14.3. The molecule has 0 N–H and O–H groups in total. The molecular formula is C26H22N2O6S. The van der Waals surface area contributed by atoms with Gasteiger partial charge in [-0.25, -0.2) is 4.79 Å². The Morgan fingerprint density at radius 3 is 2.46 bits per heavy atom. The van der Waals surface area contributed by atoms with Crippen LogP contribution in [0.1, 0.15) is 38.8 Å². The monoisotopic (exact) mass is 490 g/mol. The molecule has 0 fully saturated rings. The van der Waals surface area contributed by atoms with E-state index in [1.165, 1.54) is 42.1 Å². The highest BCUT2D eigenvalue weighted by Gasteiger charge is 2.31. The van der Waals surface area contributed by atoms with E-state index in [9.17, 15) is 24.5 Å². The van der Waals surface area contributed by atoms with Crippen molar-refractivity contribution in [2.24, 2.45) is 0 Å². The first-order valence-electron chi connectivity index (χ1n) is 10.8. The summed E-state index contributed by atoms with van der Waals surface area (Å²) in [4.78, 5) is 51.8. The summed E-state index contributed by atoms with van der Waals surface area (Å²) in [6.45, 7) is 1.45. The van der Waals surface area contributed by atoms with Crippen LogP contribution in [0.25, 0.3) is 0 Å². The zero-order chi connectivity index (χ0) is 25.1. The van der Waals surface area contributed by atoms with Gasteiger partial charge in [-0.3, -0.25) is 19.7 Å². The van der Waals surface area contributed by atoms with E-state index >= 15 is 0 Å². The number of benzene rings is 3. The molecule has 178 valence electrons. The van der Waals surface area contributed by atoms with Crippen molar-refractivity contribution in [1.82, 2.24) is 0 Å². The van der Waals surface area contributed by atoms with E-state index in [4.69, 9.17) is 4.74 Å². The smallest absolute Gasteiger partial charge is 0.339 e. The molecule has 8 nitrogen and oxygen atoms in total. The Morgan fingerprint density at radius 2 is 1.74 bits per heavy atom. The molecule has 0 spiro atoms. The summed E-state index contributed by atoms with van der Waals surface area (Å²) in [6.07, 6.45) is 2.42. The van der Waals surface area contributed by atoms with Crippen LogP contribution in [0.2, 0.25) is 0 Å². The number of anilines is 1. The number of thioether (sulfide) groups is 1. The maximum Gasteiger partial charge on any atom is 0.339 e. The molecule has 3 aromatic carbocycles. The van der Waals surface area contributed by atoms with Gasteiger partial charge >= 0.3 is 5.97 Å². The average Bonchev–Trinajstić information content (AvgIpc) is 3.21. The van der Waals surface area contributed by atoms with E-state index in [1.54, 1.807) is 23.3 Å². The molecule has 0 saturated heterocycles. The number of ketones is 1. The number of rotatable bonds is 7. The lowest BCUT2D eigenvalue weighted by Crippen LogP contribution is -2.38. The average molecular weight is 491 g/mol. The largest absolute Gasteiger partial charge is 0.452 e. The van der Waals surface area contributed by atoms with Gasteiger partial charge < -0.3 is 9.64 Å². The Balaban J connectivity index is 1.53. The Labute approximate surface area is 206 Å². The van der Waals surface area contributed by atoms with Crippen LogP contribution in [0.15, 0.2) is 71.6 Å². The number of para-hydroxylation sites is 1. The van der Waals surface area contributed by atoms with Crippen molar-refractivity contribution in [3.8, 4) is 0 Å². The maximum absolute atomic E-state index is 13.2.